The number of phenolic OH excluding ortho intramolecular Hbond substituents is 1. The second-order valence-electron chi connectivity index (χ2n) is 4.02. The number of hydrogen-bond donors (Lipinski definition) is 3. The van der Waals surface area contributed by atoms with E-state index in [-0.39, 0.29) is 18.5 Å². The van der Waals surface area contributed by atoms with Gasteiger partial charge in [-0.2, -0.15) is 0 Å². The van der Waals surface area contributed by atoms with Crippen molar-refractivity contribution >= 4 is 0 Å². The summed E-state index contributed by atoms with van der Waals surface area (Å²) < 4.78 is 39.6. The molecule has 0 aliphatic carbocycles. The number of phenols is 1. The molecular weight excluding hydrogens is 295 g/mol. The molecule has 0 aromatic heterocycles. The first kappa shape index (κ1) is 16.9. The summed E-state index contributed by atoms with van der Waals surface area (Å²) >= 11 is 0. The maximum atomic E-state index is 12.0. The van der Waals surface area contributed by atoms with Crippen LogP contribution in [0, 0.1) is 0 Å². The third-order valence-electron chi connectivity index (χ3n) is 2.51. The number of benzene rings is 1. The Hall–Kier alpha value is -2.16. The average Bonchev–Trinajstić information content (AvgIpc) is 2.36. The molecule has 116 valence electrons. The maximum absolute atomic E-state index is 12.0. The lowest BCUT2D eigenvalue weighted by Crippen LogP contribution is -2.20. The highest BCUT2D eigenvalue weighted by Gasteiger charge is 2.31. The molecule has 0 radical (unpaired) electrons. The lowest BCUT2D eigenvalue weighted by atomic mass is 10.0. The zero-order valence-electron chi connectivity index (χ0n) is 10.5. The van der Waals surface area contributed by atoms with Gasteiger partial charge in [0.05, 0.1) is 6.10 Å². The van der Waals surface area contributed by atoms with Crippen LogP contribution in [-0.2, 0) is 0 Å². The van der Waals surface area contributed by atoms with Crippen LogP contribution in [0.3, 0.4) is 0 Å². The fourth-order valence-corrected chi connectivity index (χ4v) is 1.57. The number of rotatable bonds is 6. The number of ether oxygens (including phenoxy) is 1. The SMILES string of the molecule is [N-]=[N+]=NCCC(O)C(O)c1ccc(OC(F)(F)F)cc1O. The summed E-state index contributed by atoms with van der Waals surface area (Å²) in [7, 11) is 0. The van der Waals surface area contributed by atoms with Crippen molar-refractivity contribution in [2.24, 2.45) is 5.11 Å². The predicted molar refractivity (Wildman–Crippen MR) is 64.4 cm³/mol. The summed E-state index contributed by atoms with van der Waals surface area (Å²) in [5, 5.41) is 32.2. The zero-order chi connectivity index (χ0) is 16.0. The molecule has 10 heteroatoms. The van der Waals surface area contributed by atoms with Crippen LogP contribution in [0.15, 0.2) is 23.3 Å². The minimum Gasteiger partial charge on any atom is -0.507 e. The van der Waals surface area contributed by atoms with Gasteiger partial charge in [-0.3, -0.25) is 0 Å². The summed E-state index contributed by atoms with van der Waals surface area (Å²) in [6.07, 6.45) is -7.87. The minimum atomic E-state index is -4.90. The molecule has 2 atom stereocenters. The fraction of sp³-hybridized carbons (Fsp3) is 0.455. The smallest absolute Gasteiger partial charge is 0.507 e. The van der Waals surface area contributed by atoms with Crippen LogP contribution in [0.2, 0.25) is 0 Å². The third kappa shape index (κ3) is 5.38. The van der Waals surface area contributed by atoms with Gasteiger partial charge in [-0.05, 0) is 24.1 Å². The molecule has 1 aromatic carbocycles. The summed E-state index contributed by atoms with van der Waals surface area (Å²) in [5.74, 6) is -1.31. The van der Waals surface area contributed by atoms with E-state index < -0.39 is 30.1 Å². The highest BCUT2D eigenvalue weighted by molar-refractivity contribution is 5.41. The molecule has 0 aliphatic rings. The van der Waals surface area contributed by atoms with Gasteiger partial charge in [-0.25, -0.2) is 0 Å². The Morgan fingerprint density at radius 2 is 2.00 bits per heavy atom. The Morgan fingerprint density at radius 1 is 1.33 bits per heavy atom. The van der Waals surface area contributed by atoms with Crippen LogP contribution in [0.5, 0.6) is 11.5 Å². The highest BCUT2D eigenvalue weighted by Crippen LogP contribution is 2.33. The molecule has 0 heterocycles. The van der Waals surface area contributed by atoms with Gasteiger partial charge in [0.25, 0.3) is 0 Å². The molecule has 7 nitrogen and oxygen atoms in total. The van der Waals surface area contributed by atoms with Gasteiger partial charge >= 0.3 is 6.36 Å². The lowest BCUT2D eigenvalue weighted by molar-refractivity contribution is -0.274. The van der Waals surface area contributed by atoms with Crippen molar-refractivity contribution in [2.75, 3.05) is 6.54 Å². The van der Waals surface area contributed by atoms with E-state index in [1.54, 1.807) is 0 Å². The first-order chi connectivity index (χ1) is 9.74. The molecule has 0 bridgehead atoms. The summed E-state index contributed by atoms with van der Waals surface area (Å²) in [5.41, 5.74) is 7.90. The van der Waals surface area contributed by atoms with Crippen LogP contribution in [0.1, 0.15) is 18.1 Å². The van der Waals surface area contributed by atoms with Gasteiger partial charge in [0.1, 0.15) is 17.6 Å². The van der Waals surface area contributed by atoms with Gasteiger partial charge in [0.2, 0.25) is 0 Å². The van der Waals surface area contributed by atoms with Crippen molar-refractivity contribution in [1.29, 1.82) is 0 Å². The molecule has 1 rings (SSSR count). The number of aliphatic hydroxyl groups excluding tert-OH is 2. The van der Waals surface area contributed by atoms with Crippen LogP contribution in [0.4, 0.5) is 13.2 Å². The Labute approximate surface area is 116 Å². The van der Waals surface area contributed by atoms with Gasteiger partial charge in [0, 0.05) is 23.1 Å². The first-order valence-corrected chi connectivity index (χ1v) is 5.70. The first-order valence-electron chi connectivity index (χ1n) is 5.70. The maximum Gasteiger partial charge on any atom is 0.573 e. The van der Waals surface area contributed by atoms with E-state index in [1.807, 2.05) is 0 Å². The quantitative estimate of drug-likeness (QED) is 0.424. The van der Waals surface area contributed by atoms with Crippen LogP contribution >= 0.6 is 0 Å². The number of aliphatic hydroxyl groups is 2. The largest absolute Gasteiger partial charge is 0.573 e. The standard InChI is InChI=1S/C11H12F3N3O4/c12-11(13,14)21-6-1-2-7(9(19)5-6)10(20)8(18)3-4-16-17-15/h1-2,5,8,10,18-20H,3-4H2. The van der Waals surface area contributed by atoms with E-state index >= 15 is 0 Å². The van der Waals surface area contributed by atoms with Crippen molar-refractivity contribution in [3.05, 3.63) is 34.2 Å². The number of halogens is 3. The number of alkyl halides is 3. The molecule has 0 fully saturated rings. The normalized spacial score (nSPS) is 14.1. The predicted octanol–water partition coefficient (Wildman–Crippen LogP) is 2.39. The molecule has 1 aromatic rings. The van der Waals surface area contributed by atoms with Crippen molar-refractivity contribution in [1.82, 2.24) is 0 Å². The van der Waals surface area contributed by atoms with E-state index in [1.165, 1.54) is 0 Å². The number of hydrogen-bond acceptors (Lipinski definition) is 5. The second kappa shape index (κ2) is 7.02. The summed E-state index contributed by atoms with van der Waals surface area (Å²) in [6.45, 7) is -0.0786. The molecule has 0 amide bonds. The molecule has 21 heavy (non-hydrogen) atoms. The molecule has 0 saturated carbocycles. The molecule has 0 saturated heterocycles. The van der Waals surface area contributed by atoms with Gasteiger partial charge in [-0.1, -0.05) is 5.11 Å². The third-order valence-corrected chi connectivity index (χ3v) is 2.51. The summed E-state index contributed by atoms with van der Waals surface area (Å²) in [4.78, 5) is 2.46. The Morgan fingerprint density at radius 3 is 2.52 bits per heavy atom. The second-order valence-corrected chi connectivity index (χ2v) is 4.02. The molecular formula is C11H12F3N3O4. The molecule has 0 aliphatic heterocycles. The highest BCUT2D eigenvalue weighted by atomic mass is 19.4. The minimum absolute atomic E-state index is 0.0779. The van der Waals surface area contributed by atoms with Gasteiger partial charge < -0.3 is 20.1 Å². The van der Waals surface area contributed by atoms with Crippen LogP contribution in [0.25, 0.3) is 10.4 Å². The molecule has 2 unspecified atom stereocenters. The van der Waals surface area contributed by atoms with E-state index in [0.717, 1.165) is 12.1 Å². The van der Waals surface area contributed by atoms with E-state index in [0.29, 0.717) is 6.07 Å². The number of azide groups is 1. The van der Waals surface area contributed by atoms with Crippen LogP contribution < -0.4 is 4.74 Å². The lowest BCUT2D eigenvalue weighted by Gasteiger charge is -2.19. The van der Waals surface area contributed by atoms with E-state index in [9.17, 15) is 28.5 Å². The zero-order valence-corrected chi connectivity index (χ0v) is 10.5. The average molecular weight is 307 g/mol. The van der Waals surface area contributed by atoms with Gasteiger partial charge in [0.15, 0.2) is 0 Å². The van der Waals surface area contributed by atoms with E-state index in [2.05, 4.69) is 14.8 Å². The topological polar surface area (TPSA) is 119 Å². The summed E-state index contributed by atoms with van der Waals surface area (Å²) in [6, 6.07) is 2.57. The van der Waals surface area contributed by atoms with Crippen molar-refractivity contribution in [3.63, 3.8) is 0 Å². The van der Waals surface area contributed by atoms with E-state index in [4.69, 9.17) is 5.53 Å². The molecule has 3 N–H and O–H groups in total. The Kier molecular flexibility index (Phi) is 5.65. The number of nitrogens with zero attached hydrogens (tertiary/aromatic N) is 3. The fourth-order valence-electron chi connectivity index (χ4n) is 1.57. The Balaban J connectivity index is 2.81. The van der Waals surface area contributed by atoms with Crippen LogP contribution in [-0.4, -0.2) is 34.3 Å². The van der Waals surface area contributed by atoms with Gasteiger partial charge in [-0.15, -0.1) is 13.2 Å². The van der Waals surface area contributed by atoms with Crippen molar-refractivity contribution in [3.8, 4) is 11.5 Å². The molecule has 0 spiro atoms. The number of aromatic hydroxyl groups is 1. The van der Waals surface area contributed by atoms with Crippen molar-refractivity contribution in [2.45, 2.75) is 25.0 Å². The Bertz CT molecular complexity index is 532. The monoisotopic (exact) mass is 307 g/mol. The van der Waals surface area contributed by atoms with Crippen molar-refractivity contribution < 1.29 is 33.2 Å².